The van der Waals surface area contributed by atoms with Gasteiger partial charge >= 0.3 is 7.82 Å². The van der Waals surface area contributed by atoms with Gasteiger partial charge < -0.3 is 19.8 Å². The first-order valence-electron chi connectivity index (χ1n) is 29.9. The lowest BCUT2D eigenvalue weighted by atomic mass is 10.0. The average molecular weight is 995 g/mol. The van der Waals surface area contributed by atoms with Crippen LogP contribution in [0.5, 0.6) is 0 Å². The molecule has 0 saturated carbocycles. The number of aliphatic hydroxyl groups excluding tert-OH is 1. The molecule has 3 N–H and O–H groups in total. The van der Waals surface area contributed by atoms with Crippen LogP contribution in [0.1, 0.15) is 290 Å². The Morgan fingerprint density at radius 1 is 0.478 bits per heavy atom. The van der Waals surface area contributed by atoms with E-state index in [-0.39, 0.29) is 19.1 Å². The molecule has 0 aromatic heterocycles. The molecule has 69 heavy (non-hydrogen) atoms. The third-order valence-corrected chi connectivity index (χ3v) is 14.6. The van der Waals surface area contributed by atoms with Crippen LogP contribution in [0.25, 0.3) is 0 Å². The van der Waals surface area contributed by atoms with Gasteiger partial charge in [-0.3, -0.25) is 13.8 Å². The van der Waals surface area contributed by atoms with E-state index in [1.165, 1.54) is 225 Å². The van der Waals surface area contributed by atoms with Gasteiger partial charge in [-0.15, -0.1) is 0 Å². The van der Waals surface area contributed by atoms with Crippen molar-refractivity contribution in [3.8, 4) is 0 Å². The normalized spacial score (nSPS) is 14.1. The molecule has 0 aliphatic rings. The topological polar surface area (TPSA) is 105 Å². The minimum Gasteiger partial charge on any atom is -0.387 e. The lowest BCUT2D eigenvalue weighted by molar-refractivity contribution is -0.870. The molecule has 0 fully saturated rings. The average Bonchev–Trinajstić information content (AvgIpc) is 3.31. The molecule has 0 spiro atoms. The van der Waals surface area contributed by atoms with Crippen molar-refractivity contribution in [2.24, 2.45) is 0 Å². The molecule has 0 radical (unpaired) electrons. The number of carbonyl (C=O) groups excluding carboxylic acids is 1. The predicted molar refractivity (Wildman–Crippen MR) is 300 cm³/mol. The van der Waals surface area contributed by atoms with E-state index in [9.17, 15) is 19.4 Å². The van der Waals surface area contributed by atoms with Crippen LogP contribution in [0, 0.1) is 0 Å². The Hall–Kier alpha value is -1.28. The summed E-state index contributed by atoms with van der Waals surface area (Å²) in [6.07, 6.45) is 66.9. The number of likely N-dealkylation sites (N-methyl/N-ethyl adjacent to an activating group) is 1. The highest BCUT2D eigenvalue weighted by molar-refractivity contribution is 7.47. The van der Waals surface area contributed by atoms with Gasteiger partial charge in [-0.25, -0.2) is 4.57 Å². The van der Waals surface area contributed by atoms with Crippen LogP contribution in [0.2, 0.25) is 0 Å². The predicted octanol–water partition coefficient (Wildman–Crippen LogP) is 18.2. The van der Waals surface area contributed by atoms with Crippen molar-refractivity contribution < 1.29 is 32.9 Å². The van der Waals surface area contributed by atoms with E-state index in [4.69, 9.17) is 9.05 Å². The second kappa shape index (κ2) is 51.6. The highest BCUT2D eigenvalue weighted by Crippen LogP contribution is 2.43. The molecule has 408 valence electrons. The molecule has 0 aromatic carbocycles. The van der Waals surface area contributed by atoms with Crippen molar-refractivity contribution in [2.45, 2.75) is 302 Å². The van der Waals surface area contributed by atoms with Gasteiger partial charge in [-0.1, -0.05) is 275 Å². The summed E-state index contributed by atoms with van der Waals surface area (Å²) in [5.41, 5.74) is 0. The monoisotopic (exact) mass is 994 g/mol. The number of nitrogens with one attached hydrogen (secondary N) is 1. The van der Waals surface area contributed by atoms with Crippen LogP contribution in [0.15, 0.2) is 36.5 Å². The van der Waals surface area contributed by atoms with Gasteiger partial charge in [0.1, 0.15) is 13.2 Å². The van der Waals surface area contributed by atoms with Crippen molar-refractivity contribution >= 4 is 13.7 Å². The maximum absolute atomic E-state index is 13.0. The van der Waals surface area contributed by atoms with Gasteiger partial charge in [0.15, 0.2) is 0 Å². The van der Waals surface area contributed by atoms with Crippen molar-refractivity contribution in [3.05, 3.63) is 36.5 Å². The molecule has 0 aromatic rings. The number of phosphoric acid groups is 1. The molecule has 9 heteroatoms. The molecule has 1 amide bonds. The first-order valence-corrected chi connectivity index (χ1v) is 31.4. The van der Waals surface area contributed by atoms with Crippen molar-refractivity contribution in [1.82, 2.24) is 5.32 Å². The van der Waals surface area contributed by atoms with Gasteiger partial charge in [0, 0.05) is 6.42 Å². The number of amides is 1. The number of allylic oxidation sites excluding steroid dienone is 5. The SMILES string of the molecule is CCCCCCCCCCCCCCCCCC/C=C/CC/C=C/CC/C=C/C(O)C(COP(=O)(O)OCC[N+](C)(C)C)NC(=O)CCCCCCCCCCCCCCCCCCCCCCC. The number of hydrogen-bond acceptors (Lipinski definition) is 5. The fraction of sp³-hybridized carbons (Fsp3) is 0.883. The summed E-state index contributed by atoms with van der Waals surface area (Å²) < 4.78 is 23.7. The second-order valence-corrected chi connectivity index (χ2v) is 23.2. The Balaban J connectivity index is 4.24. The molecular weight excluding hydrogens is 876 g/mol. The van der Waals surface area contributed by atoms with Crippen molar-refractivity contribution in [1.29, 1.82) is 0 Å². The molecular formula is C60H118N2O6P+. The summed E-state index contributed by atoms with van der Waals surface area (Å²) in [4.78, 5) is 23.3. The lowest BCUT2D eigenvalue weighted by Crippen LogP contribution is -2.45. The molecule has 0 rings (SSSR count). The van der Waals surface area contributed by atoms with Gasteiger partial charge in [-0.2, -0.15) is 0 Å². The van der Waals surface area contributed by atoms with Crippen LogP contribution >= 0.6 is 7.82 Å². The number of quaternary nitrogens is 1. The van der Waals surface area contributed by atoms with Crippen LogP contribution in [-0.2, 0) is 18.4 Å². The third kappa shape index (κ3) is 54.3. The largest absolute Gasteiger partial charge is 0.472 e. The summed E-state index contributed by atoms with van der Waals surface area (Å²) in [6, 6.07) is -0.868. The second-order valence-electron chi connectivity index (χ2n) is 21.7. The third-order valence-electron chi connectivity index (χ3n) is 13.6. The van der Waals surface area contributed by atoms with E-state index < -0.39 is 20.0 Å². The fourth-order valence-corrected chi connectivity index (χ4v) is 9.64. The number of aliphatic hydroxyl groups is 1. The zero-order chi connectivity index (χ0) is 50.6. The van der Waals surface area contributed by atoms with E-state index in [1.54, 1.807) is 6.08 Å². The van der Waals surface area contributed by atoms with Gasteiger partial charge in [0.05, 0.1) is 39.9 Å². The number of hydrogen-bond donors (Lipinski definition) is 3. The van der Waals surface area contributed by atoms with E-state index in [0.717, 1.165) is 44.9 Å². The maximum Gasteiger partial charge on any atom is 0.472 e. The zero-order valence-corrected chi connectivity index (χ0v) is 47.5. The van der Waals surface area contributed by atoms with E-state index >= 15 is 0 Å². The summed E-state index contributed by atoms with van der Waals surface area (Å²) in [5.74, 6) is -0.186. The fourth-order valence-electron chi connectivity index (χ4n) is 8.90. The number of carbonyl (C=O) groups is 1. The highest BCUT2D eigenvalue weighted by atomic mass is 31.2. The van der Waals surface area contributed by atoms with Gasteiger partial charge in [-0.05, 0) is 44.9 Å². The molecule has 0 aliphatic heterocycles. The Bertz CT molecular complexity index is 1220. The zero-order valence-electron chi connectivity index (χ0n) is 46.6. The van der Waals surface area contributed by atoms with Crippen molar-refractivity contribution in [2.75, 3.05) is 40.9 Å². The Labute approximate surface area is 429 Å². The molecule has 0 aliphatic carbocycles. The standard InChI is InChI=1S/C60H117N2O6P/c1-6-8-10-12-14-16-18-20-22-24-26-28-29-30-31-32-34-35-37-39-41-43-45-47-49-51-53-59(63)58(57-68-69(65,66)67-56-55-62(3,4)5)61-60(64)54-52-50-48-46-44-42-40-38-36-33-27-25-23-21-19-17-15-13-11-9-7-2/h35,37,43,45,51,53,58-59,63H,6-34,36,38-42,44,46-50,52,54-57H2,1-5H3,(H-,61,64,65,66)/p+1/b37-35+,45-43+,53-51+. The highest BCUT2D eigenvalue weighted by Gasteiger charge is 2.27. The maximum atomic E-state index is 13.0. The number of rotatable bonds is 55. The Morgan fingerprint density at radius 2 is 0.797 bits per heavy atom. The minimum absolute atomic E-state index is 0.0552. The summed E-state index contributed by atoms with van der Waals surface area (Å²) in [6.45, 7) is 4.83. The Morgan fingerprint density at radius 3 is 1.16 bits per heavy atom. The summed E-state index contributed by atoms with van der Waals surface area (Å²) in [5, 5.41) is 13.9. The summed E-state index contributed by atoms with van der Waals surface area (Å²) in [7, 11) is 1.56. The lowest BCUT2D eigenvalue weighted by Gasteiger charge is -2.25. The van der Waals surface area contributed by atoms with E-state index in [2.05, 4.69) is 43.5 Å². The Kier molecular flexibility index (Phi) is 50.7. The first-order chi connectivity index (χ1) is 33.5. The van der Waals surface area contributed by atoms with Gasteiger partial charge in [0.2, 0.25) is 5.91 Å². The molecule has 8 nitrogen and oxygen atoms in total. The molecule has 0 bridgehead atoms. The molecule has 3 atom stereocenters. The summed E-state index contributed by atoms with van der Waals surface area (Å²) >= 11 is 0. The van der Waals surface area contributed by atoms with Crippen molar-refractivity contribution in [3.63, 3.8) is 0 Å². The smallest absolute Gasteiger partial charge is 0.387 e. The molecule has 3 unspecified atom stereocenters. The van der Waals surface area contributed by atoms with Crippen LogP contribution in [0.3, 0.4) is 0 Å². The van der Waals surface area contributed by atoms with Crippen LogP contribution in [-0.4, -0.2) is 73.4 Å². The number of unbranched alkanes of at least 4 members (excludes halogenated alkanes) is 38. The molecule has 0 saturated heterocycles. The van der Waals surface area contributed by atoms with Crippen LogP contribution < -0.4 is 5.32 Å². The number of phosphoric ester groups is 1. The number of nitrogens with zero attached hydrogens (tertiary/aromatic N) is 1. The molecule has 0 heterocycles. The van der Waals surface area contributed by atoms with Gasteiger partial charge in [0.25, 0.3) is 0 Å². The van der Waals surface area contributed by atoms with E-state index in [1.807, 2.05) is 27.2 Å². The van der Waals surface area contributed by atoms with Crippen LogP contribution in [0.4, 0.5) is 0 Å². The first kappa shape index (κ1) is 67.7. The van der Waals surface area contributed by atoms with E-state index in [0.29, 0.717) is 17.4 Å². The quantitative estimate of drug-likeness (QED) is 0.0243. The minimum atomic E-state index is -4.36.